The first-order valence-corrected chi connectivity index (χ1v) is 7.36. The van der Waals surface area contributed by atoms with Crippen LogP contribution in [0.2, 0.25) is 0 Å². The maximum absolute atomic E-state index is 11.8. The van der Waals surface area contributed by atoms with E-state index in [4.69, 9.17) is 9.84 Å². The minimum absolute atomic E-state index is 0.0531. The molecule has 1 heterocycles. The van der Waals surface area contributed by atoms with Crippen LogP contribution in [0.5, 0.6) is 0 Å². The number of ether oxygens (including phenoxy) is 1. The molecule has 1 amide bonds. The van der Waals surface area contributed by atoms with Crippen molar-refractivity contribution < 1.29 is 19.4 Å². The number of carboxylic acids is 1. The number of aliphatic carboxylic acids is 1. The van der Waals surface area contributed by atoms with E-state index in [1.54, 1.807) is 0 Å². The fourth-order valence-electron chi connectivity index (χ4n) is 2.17. The minimum Gasteiger partial charge on any atom is -0.481 e. The molecule has 0 radical (unpaired) electrons. The van der Waals surface area contributed by atoms with Crippen molar-refractivity contribution in [2.45, 2.75) is 51.7 Å². The van der Waals surface area contributed by atoms with Crippen molar-refractivity contribution in [3.8, 4) is 0 Å². The fraction of sp³-hybridized carbons (Fsp3) is 0.857. The van der Waals surface area contributed by atoms with E-state index in [9.17, 15) is 9.59 Å². The lowest BCUT2D eigenvalue weighted by Gasteiger charge is -2.31. The lowest BCUT2D eigenvalue weighted by Crippen LogP contribution is -2.45. The minimum atomic E-state index is -0.829. The van der Waals surface area contributed by atoms with Crippen LogP contribution in [0.1, 0.15) is 39.5 Å². The Kier molecular flexibility index (Phi) is 7.54. The Morgan fingerprint density at radius 1 is 1.40 bits per heavy atom. The fourth-order valence-corrected chi connectivity index (χ4v) is 2.17. The van der Waals surface area contributed by atoms with Gasteiger partial charge in [0.2, 0.25) is 5.91 Å². The summed E-state index contributed by atoms with van der Waals surface area (Å²) in [4.78, 5) is 24.3. The molecule has 6 heteroatoms. The van der Waals surface area contributed by atoms with Gasteiger partial charge in [-0.25, -0.2) is 0 Å². The van der Waals surface area contributed by atoms with E-state index in [1.807, 2.05) is 13.8 Å². The summed E-state index contributed by atoms with van der Waals surface area (Å²) >= 11 is 0. The third-order valence-corrected chi connectivity index (χ3v) is 3.59. The van der Waals surface area contributed by atoms with Crippen LogP contribution in [-0.4, -0.2) is 60.3 Å². The van der Waals surface area contributed by atoms with Crippen LogP contribution >= 0.6 is 0 Å². The van der Waals surface area contributed by atoms with Gasteiger partial charge in [0.15, 0.2) is 0 Å². The molecule has 0 spiro atoms. The molecule has 1 rings (SSSR count). The van der Waals surface area contributed by atoms with Gasteiger partial charge in [0.1, 0.15) is 0 Å². The Balaban J connectivity index is 2.15. The molecule has 1 atom stereocenters. The lowest BCUT2D eigenvalue weighted by molar-refractivity contribution is -0.139. The van der Waals surface area contributed by atoms with Crippen molar-refractivity contribution in [3.05, 3.63) is 0 Å². The monoisotopic (exact) mass is 286 g/mol. The molecular weight excluding hydrogens is 260 g/mol. The average Bonchev–Trinajstić information content (AvgIpc) is 2.40. The summed E-state index contributed by atoms with van der Waals surface area (Å²) < 4.78 is 5.52. The number of carbonyl (C=O) groups is 2. The van der Waals surface area contributed by atoms with Gasteiger partial charge in [-0.2, -0.15) is 0 Å². The third kappa shape index (κ3) is 6.86. The first-order valence-electron chi connectivity index (χ1n) is 7.36. The number of likely N-dealkylation sites (tertiary alicyclic amines) is 1. The summed E-state index contributed by atoms with van der Waals surface area (Å²) in [7, 11) is 0. The topological polar surface area (TPSA) is 78.9 Å². The number of rotatable bonds is 8. The molecule has 116 valence electrons. The van der Waals surface area contributed by atoms with Crippen molar-refractivity contribution in [1.29, 1.82) is 0 Å². The second-order valence-electron chi connectivity index (χ2n) is 5.37. The Morgan fingerprint density at radius 3 is 2.60 bits per heavy atom. The van der Waals surface area contributed by atoms with E-state index in [0.29, 0.717) is 6.54 Å². The average molecular weight is 286 g/mol. The van der Waals surface area contributed by atoms with Crippen LogP contribution in [0.3, 0.4) is 0 Å². The molecule has 0 saturated carbocycles. The highest BCUT2D eigenvalue weighted by Crippen LogP contribution is 2.13. The molecule has 0 aromatic heterocycles. The molecule has 1 saturated heterocycles. The first-order chi connectivity index (χ1) is 9.51. The zero-order valence-corrected chi connectivity index (χ0v) is 12.4. The zero-order chi connectivity index (χ0) is 15.0. The maximum atomic E-state index is 11.8. The van der Waals surface area contributed by atoms with Crippen molar-refractivity contribution in [3.63, 3.8) is 0 Å². The quantitative estimate of drug-likeness (QED) is 0.692. The maximum Gasteiger partial charge on any atom is 0.305 e. The molecule has 1 aliphatic rings. The van der Waals surface area contributed by atoms with Gasteiger partial charge in [0.25, 0.3) is 0 Å². The summed E-state index contributed by atoms with van der Waals surface area (Å²) in [6, 6.07) is 0.222. The van der Waals surface area contributed by atoms with E-state index >= 15 is 0 Å². The highest BCUT2D eigenvalue weighted by molar-refractivity contribution is 5.78. The SMILES string of the molecule is CCC(C)NC(=O)CN1CCC(OCCC(=O)O)CC1. The second-order valence-corrected chi connectivity index (χ2v) is 5.37. The molecule has 0 aromatic rings. The van der Waals surface area contributed by atoms with Gasteiger partial charge in [-0.05, 0) is 26.2 Å². The molecule has 1 aliphatic heterocycles. The summed E-state index contributed by atoms with van der Waals surface area (Å²) in [5.41, 5.74) is 0. The molecule has 0 aliphatic carbocycles. The van der Waals surface area contributed by atoms with Gasteiger partial charge in [-0.1, -0.05) is 6.92 Å². The summed E-state index contributed by atoms with van der Waals surface area (Å²) in [5.74, 6) is -0.756. The summed E-state index contributed by atoms with van der Waals surface area (Å²) in [6.07, 6.45) is 2.83. The number of hydrogen-bond donors (Lipinski definition) is 2. The Morgan fingerprint density at radius 2 is 2.05 bits per heavy atom. The number of carboxylic acid groups (broad SMARTS) is 1. The second kappa shape index (κ2) is 8.92. The van der Waals surface area contributed by atoms with Gasteiger partial charge < -0.3 is 15.2 Å². The van der Waals surface area contributed by atoms with Crippen molar-refractivity contribution in [2.75, 3.05) is 26.2 Å². The highest BCUT2D eigenvalue weighted by atomic mass is 16.5. The normalized spacial score (nSPS) is 18.7. The van der Waals surface area contributed by atoms with Gasteiger partial charge >= 0.3 is 5.97 Å². The summed E-state index contributed by atoms with van der Waals surface area (Å²) in [6.45, 7) is 6.41. The van der Waals surface area contributed by atoms with Gasteiger partial charge in [0, 0.05) is 19.1 Å². The molecule has 2 N–H and O–H groups in total. The van der Waals surface area contributed by atoms with Crippen LogP contribution in [0.25, 0.3) is 0 Å². The standard InChI is InChI=1S/C14H26N2O4/c1-3-11(2)15-13(17)10-16-7-4-12(5-8-16)20-9-6-14(18)19/h11-12H,3-10H2,1-2H3,(H,15,17)(H,18,19). The van der Waals surface area contributed by atoms with Crippen LogP contribution in [0.4, 0.5) is 0 Å². The molecule has 1 unspecified atom stereocenters. The molecule has 1 fully saturated rings. The number of nitrogens with one attached hydrogen (secondary N) is 1. The molecular formula is C14H26N2O4. The lowest BCUT2D eigenvalue weighted by atomic mass is 10.1. The highest BCUT2D eigenvalue weighted by Gasteiger charge is 2.21. The number of piperidine rings is 1. The van der Waals surface area contributed by atoms with Gasteiger partial charge in [0.05, 0.1) is 25.7 Å². The first kappa shape index (κ1) is 16.9. The Bertz CT molecular complexity index is 314. The molecule has 20 heavy (non-hydrogen) atoms. The predicted molar refractivity (Wildman–Crippen MR) is 75.6 cm³/mol. The van der Waals surface area contributed by atoms with E-state index < -0.39 is 5.97 Å². The third-order valence-electron chi connectivity index (χ3n) is 3.59. The van der Waals surface area contributed by atoms with Crippen LogP contribution in [0, 0.1) is 0 Å². The van der Waals surface area contributed by atoms with E-state index in [0.717, 1.165) is 32.4 Å². The zero-order valence-electron chi connectivity index (χ0n) is 12.4. The van der Waals surface area contributed by atoms with Gasteiger partial charge in [-0.15, -0.1) is 0 Å². The van der Waals surface area contributed by atoms with Crippen LogP contribution in [-0.2, 0) is 14.3 Å². The van der Waals surface area contributed by atoms with Crippen LogP contribution in [0.15, 0.2) is 0 Å². The van der Waals surface area contributed by atoms with Crippen molar-refractivity contribution in [1.82, 2.24) is 10.2 Å². The smallest absolute Gasteiger partial charge is 0.305 e. The number of nitrogens with zero attached hydrogens (tertiary/aromatic N) is 1. The number of hydrogen-bond acceptors (Lipinski definition) is 4. The Labute approximate surface area is 120 Å². The largest absolute Gasteiger partial charge is 0.481 e. The van der Waals surface area contributed by atoms with E-state index in [-0.39, 0.29) is 31.1 Å². The predicted octanol–water partition coefficient (Wildman–Crippen LogP) is 0.857. The molecule has 0 bridgehead atoms. The number of carbonyl (C=O) groups excluding carboxylic acids is 1. The Hall–Kier alpha value is -1.14. The number of amides is 1. The summed E-state index contributed by atoms with van der Waals surface area (Å²) in [5, 5.41) is 11.5. The van der Waals surface area contributed by atoms with Crippen molar-refractivity contribution in [2.24, 2.45) is 0 Å². The van der Waals surface area contributed by atoms with E-state index in [1.165, 1.54) is 0 Å². The molecule has 6 nitrogen and oxygen atoms in total. The van der Waals surface area contributed by atoms with Crippen LogP contribution < -0.4 is 5.32 Å². The van der Waals surface area contributed by atoms with Crippen molar-refractivity contribution >= 4 is 11.9 Å². The van der Waals surface area contributed by atoms with Gasteiger partial charge in [-0.3, -0.25) is 14.5 Å². The molecule has 0 aromatic carbocycles. The van der Waals surface area contributed by atoms with E-state index in [2.05, 4.69) is 10.2 Å².